The molecule has 2 aromatic carbocycles. The van der Waals surface area contributed by atoms with Crippen LogP contribution in [0.15, 0.2) is 48.6 Å². The van der Waals surface area contributed by atoms with Gasteiger partial charge in [-0.05, 0) is 72.8 Å². The molecule has 34 heavy (non-hydrogen) atoms. The third kappa shape index (κ3) is 6.66. The van der Waals surface area contributed by atoms with Crippen molar-refractivity contribution in [2.24, 2.45) is 0 Å². The van der Waals surface area contributed by atoms with E-state index in [0.717, 1.165) is 42.7 Å². The van der Waals surface area contributed by atoms with E-state index in [1.807, 2.05) is 18.2 Å². The van der Waals surface area contributed by atoms with Gasteiger partial charge < -0.3 is 19.9 Å². The Kier molecular flexibility index (Phi) is 8.78. The highest BCUT2D eigenvalue weighted by Gasteiger charge is 2.29. The first-order valence-electron chi connectivity index (χ1n) is 11.5. The number of Topliss-reactive ketones (excluding diaryl/α,β-unsaturated/α-hetero) is 1. The lowest BCUT2D eigenvalue weighted by Crippen LogP contribution is -3.11. The second kappa shape index (κ2) is 12.0. The molecule has 4 rings (SSSR count). The summed E-state index contributed by atoms with van der Waals surface area (Å²) in [6.45, 7) is 1.87. The summed E-state index contributed by atoms with van der Waals surface area (Å²) < 4.78 is 0. The van der Waals surface area contributed by atoms with Crippen molar-refractivity contribution in [2.75, 3.05) is 13.1 Å². The Morgan fingerprint density at radius 2 is 1.62 bits per heavy atom. The number of nitrogens with one attached hydrogen (secondary N) is 1. The average Bonchev–Trinajstić information content (AvgIpc) is 3.46. The highest BCUT2D eigenvalue weighted by molar-refractivity contribution is 6.00. The van der Waals surface area contributed by atoms with Crippen molar-refractivity contribution in [2.45, 2.75) is 45.1 Å². The zero-order chi connectivity index (χ0) is 24.5. The van der Waals surface area contributed by atoms with E-state index in [-0.39, 0.29) is 0 Å². The molecule has 0 saturated heterocycles. The quantitative estimate of drug-likeness (QED) is 0.348. The van der Waals surface area contributed by atoms with Gasteiger partial charge in [0.1, 0.15) is 19.6 Å². The maximum absolute atomic E-state index is 13.4. The van der Waals surface area contributed by atoms with Crippen LogP contribution in [0.2, 0.25) is 0 Å². The Morgan fingerprint density at radius 1 is 1.00 bits per heavy atom. The molecule has 0 bridgehead atoms. The summed E-state index contributed by atoms with van der Waals surface area (Å²) in [5.41, 5.74) is 7.83. The predicted octanol–water partition coefficient (Wildman–Crippen LogP) is 0.942. The van der Waals surface area contributed by atoms with Crippen LogP contribution in [0.4, 0.5) is 0 Å². The fourth-order valence-electron chi connectivity index (χ4n) is 4.82. The van der Waals surface area contributed by atoms with Crippen molar-refractivity contribution in [1.82, 2.24) is 0 Å². The van der Waals surface area contributed by atoms with E-state index in [1.165, 1.54) is 40.7 Å². The third-order valence-electron chi connectivity index (χ3n) is 6.17. The van der Waals surface area contributed by atoms with Gasteiger partial charge in [-0.25, -0.2) is 4.79 Å². The van der Waals surface area contributed by atoms with Crippen LogP contribution >= 0.6 is 0 Å². The van der Waals surface area contributed by atoms with Crippen LogP contribution in [0.25, 0.3) is 0 Å². The van der Waals surface area contributed by atoms with Gasteiger partial charge in [0.05, 0.1) is 5.97 Å². The van der Waals surface area contributed by atoms with Crippen LogP contribution in [0.3, 0.4) is 0 Å². The van der Waals surface area contributed by atoms with Crippen molar-refractivity contribution < 1.29 is 29.5 Å². The number of hydrogen-bond donors (Lipinski definition) is 2. The van der Waals surface area contributed by atoms with E-state index in [9.17, 15) is 19.5 Å². The van der Waals surface area contributed by atoms with Crippen molar-refractivity contribution in [3.63, 3.8) is 0 Å². The molecule has 176 valence electrons. The number of carboxylic acids is 2. The number of quaternary nitrogens is 1. The summed E-state index contributed by atoms with van der Waals surface area (Å²) in [6, 6.07) is 12.7. The Labute approximate surface area is 199 Å². The molecule has 6 heteroatoms. The largest absolute Gasteiger partial charge is 0.545 e. The molecule has 0 radical (unpaired) electrons. The smallest absolute Gasteiger partial charge is 0.328 e. The lowest BCUT2D eigenvalue weighted by Gasteiger charge is -2.19. The zero-order valence-electron chi connectivity index (χ0n) is 19.1. The standard InChI is InChI=1S/C24H25NO.C4H4O4/c1-2-14-25(16-18-8-4-3-5-9-18)17-23(26)24-21-12-6-10-19(21)15-20-11-7-13-22(20)24;5-3(6)1-2-4(7)8/h1,3-5,8-9,15H,6-7,10-14,16-17H2;1-2H,(H,5,6)(H,7,8)/b;2-1-. The molecule has 0 aromatic heterocycles. The molecule has 0 aliphatic heterocycles. The van der Waals surface area contributed by atoms with Crippen LogP contribution in [0.5, 0.6) is 0 Å². The van der Waals surface area contributed by atoms with Gasteiger partial charge in [-0.3, -0.25) is 4.79 Å². The lowest BCUT2D eigenvalue weighted by molar-refractivity contribution is -0.898. The van der Waals surface area contributed by atoms with Crippen LogP contribution in [0.1, 0.15) is 51.0 Å². The lowest BCUT2D eigenvalue weighted by atomic mass is 9.91. The fraction of sp³-hybridized carbons (Fsp3) is 0.321. The first-order valence-corrected chi connectivity index (χ1v) is 11.5. The molecular weight excluding hydrogens is 430 g/mol. The summed E-state index contributed by atoms with van der Waals surface area (Å²) in [4.78, 5) is 33.5. The monoisotopic (exact) mass is 459 g/mol. The molecule has 0 saturated carbocycles. The summed E-state index contributed by atoms with van der Waals surface area (Å²) in [5.74, 6) is 0.251. The number of aryl methyl sites for hydroxylation is 2. The molecular formula is C28H29NO5. The highest BCUT2D eigenvalue weighted by atomic mass is 16.4. The minimum atomic E-state index is -1.51. The Hall–Kier alpha value is -3.69. The zero-order valence-corrected chi connectivity index (χ0v) is 19.1. The molecule has 1 atom stereocenters. The van der Waals surface area contributed by atoms with Gasteiger partial charge in [-0.2, -0.15) is 0 Å². The van der Waals surface area contributed by atoms with Crippen molar-refractivity contribution in [1.29, 1.82) is 0 Å². The predicted molar refractivity (Wildman–Crippen MR) is 126 cm³/mol. The number of carbonyl (C=O) groups excluding carboxylic acids is 2. The van der Waals surface area contributed by atoms with E-state index in [0.29, 0.717) is 31.0 Å². The van der Waals surface area contributed by atoms with E-state index in [2.05, 4.69) is 24.1 Å². The van der Waals surface area contributed by atoms with Gasteiger partial charge in [0.2, 0.25) is 5.78 Å². The summed E-state index contributed by atoms with van der Waals surface area (Å²) in [5, 5.41) is 17.2. The maximum atomic E-state index is 13.4. The number of ketones is 1. The van der Waals surface area contributed by atoms with E-state index >= 15 is 0 Å². The van der Waals surface area contributed by atoms with Gasteiger partial charge in [-0.15, -0.1) is 6.42 Å². The Morgan fingerprint density at radius 3 is 2.12 bits per heavy atom. The molecule has 0 amide bonds. The molecule has 2 aliphatic carbocycles. The molecule has 0 heterocycles. The van der Waals surface area contributed by atoms with Crippen LogP contribution in [-0.2, 0) is 41.8 Å². The molecule has 0 fully saturated rings. The average molecular weight is 460 g/mol. The molecule has 2 aliphatic rings. The number of carbonyl (C=O) groups is 3. The Balaban J connectivity index is 0.000000350. The number of hydrogen-bond acceptors (Lipinski definition) is 4. The van der Waals surface area contributed by atoms with E-state index in [1.54, 1.807) is 0 Å². The number of benzene rings is 2. The van der Waals surface area contributed by atoms with Gasteiger partial charge in [0.25, 0.3) is 0 Å². The Bertz CT molecular complexity index is 1080. The van der Waals surface area contributed by atoms with Gasteiger partial charge in [0, 0.05) is 17.2 Å². The minimum Gasteiger partial charge on any atom is -0.545 e. The fourth-order valence-corrected chi connectivity index (χ4v) is 4.82. The van der Waals surface area contributed by atoms with E-state index in [4.69, 9.17) is 11.5 Å². The highest BCUT2D eigenvalue weighted by Crippen LogP contribution is 2.35. The number of rotatable bonds is 8. The molecule has 2 N–H and O–H groups in total. The SMILES string of the molecule is C#CC[NH+](CC(=O)c1c2c(cc3c1CCC3)CCC2)Cc1ccccc1.O=C([O-])/C=C\C(=O)O. The molecule has 1 unspecified atom stereocenters. The second-order valence-electron chi connectivity index (χ2n) is 8.62. The van der Waals surface area contributed by atoms with Gasteiger partial charge in [0.15, 0.2) is 0 Å². The second-order valence-corrected chi connectivity index (χ2v) is 8.62. The molecule has 2 aromatic rings. The maximum Gasteiger partial charge on any atom is 0.328 e. The number of aliphatic carboxylic acids is 2. The number of terminal acetylenes is 1. The normalized spacial score (nSPS) is 14.4. The summed E-state index contributed by atoms with van der Waals surface area (Å²) in [7, 11) is 0. The number of carboxylic acid groups (broad SMARTS) is 2. The van der Waals surface area contributed by atoms with Crippen molar-refractivity contribution in [3.8, 4) is 12.3 Å². The first kappa shape index (κ1) is 24.9. The minimum absolute atomic E-state index is 0.295. The molecule has 6 nitrogen and oxygen atoms in total. The summed E-state index contributed by atoms with van der Waals surface area (Å²) >= 11 is 0. The van der Waals surface area contributed by atoms with Gasteiger partial charge >= 0.3 is 5.97 Å². The van der Waals surface area contributed by atoms with Crippen molar-refractivity contribution in [3.05, 3.63) is 81.9 Å². The number of fused-ring (bicyclic) bond motifs is 2. The van der Waals surface area contributed by atoms with E-state index < -0.39 is 11.9 Å². The molecule has 0 spiro atoms. The van der Waals surface area contributed by atoms with Crippen LogP contribution < -0.4 is 10.0 Å². The first-order chi connectivity index (χ1) is 16.4. The van der Waals surface area contributed by atoms with Gasteiger partial charge in [-0.1, -0.05) is 36.4 Å². The topological polar surface area (TPSA) is 98.9 Å². The van der Waals surface area contributed by atoms with Crippen molar-refractivity contribution >= 4 is 17.7 Å². The summed E-state index contributed by atoms with van der Waals surface area (Å²) in [6.07, 6.45) is 13.3. The third-order valence-corrected chi connectivity index (χ3v) is 6.17. The van der Waals surface area contributed by atoms with Crippen LogP contribution in [0, 0.1) is 12.3 Å². The van der Waals surface area contributed by atoms with Crippen LogP contribution in [-0.4, -0.2) is 35.9 Å².